The van der Waals surface area contributed by atoms with Crippen LogP contribution in [0.5, 0.6) is 0 Å². The van der Waals surface area contributed by atoms with Crippen molar-refractivity contribution in [1.82, 2.24) is 10.2 Å². The van der Waals surface area contributed by atoms with Crippen molar-refractivity contribution in [1.29, 1.82) is 0 Å². The summed E-state index contributed by atoms with van der Waals surface area (Å²) in [5, 5.41) is 10.9. The molecule has 0 spiro atoms. The third kappa shape index (κ3) is 3.57. The molecule has 2 unspecified atom stereocenters. The van der Waals surface area contributed by atoms with Gasteiger partial charge in [-0.05, 0) is 25.5 Å². The summed E-state index contributed by atoms with van der Waals surface area (Å²) in [5.74, 6) is -0.814. The minimum atomic E-state index is -1.02. The Balaban J connectivity index is 1.89. The Labute approximate surface area is 118 Å². The number of hydrogen-bond acceptors (Lipinski definition) is 3. The van der Waals surface area contributed by atoms with Gasteiger partial charge in [-0.1, -0.05) is 30.3 Å². The molecule has 0 saturated carbocycles. The first kappa shape index (κ1) is 14.5. The molecule has 2 rings (SSSR count). The van der Waals surface area contributed by atoms with Gasteiger partial charge in [0.25, 0.3) is 0 Å². The van der Waals surface area contributed by atoms with Crippen LogP contribution in [-0.2, 0) is 9.59 Å². The molecule has 1 fully saturated rings. The highest BCUT2D eigenvalue weighted by Gasteiger charge is 2.32. The quantitative estimate of drug-likeness (QED) is 0.844. The van der Waals surface area contributed by atoms with Gasteiger partial charge in [0.2, 0.25) is 5.91 Å². The Kier molecular flexibility index (Phi) is 4.74. The van der Waals surface area contributed by atoms with Crippen molar-refractivity contribution in [3.8, 4) is 0 Å². The smallest absolute Gasteiger partial charge is 0.322 e. The van der Waals surface area contributed by atoms with Gasteiger partial charge in [-0.2, -0.15) is 0 Å². The number of likely N-dealkylation sites (tertiary alicyclic amines) is 1. The first-order valence-corrected chi connectivity index (χ1v) is 6.85. The number of benzene rings is 1. The maximum atomic E-state index is 11.7. The maximum absolute atomic E-state index is 11.7. The number of carboxylic acids is 1. The van der Waals surface area contributed by atoms with Crippen LogP contribution in [0.1, 0.15) is 24.8 Å². The van der Waals surface area contributed by atoms with Gasteiger partial charge in [0.05, 0.1) is 6.54 Å². The van der Waals surface area contributed by atoms with Gasteiger partial charge in [0.1, 0.15) is 6.54 Å². The molecule has 5 nitrogen and oxygen atoms in total. The molecule has 0 aromatic heterocycles. The van der Waals surface area contributed by atoms with Crippen molar-refractivity contribution in [3.63, 3.8) is 0 Å². The van der Waals surface area contributed by atoms with Crippen LogP contribution in [-0.4, -0.2) is 47.6 Å². The SMILES string of the molecule is CC1C(c2ccccc2)CCN1CC(=O)NCC(=O)O. The Hall–Kier alpha value is -1.88. The molecule has 1 aromatic carbocycles. The molecule has 1 amide bonds. The fourth-order valence-corrected chi connectivity index (χ4v) is 2.79. The van der Waals surface area contributed by atoms with Gasteiger partial charge in [-0.3, -0.25) is 14.5 Å². The molecule has 20 heavy (non-hydrogen) atoms. The van der Waals surface area contributed by atoms with Crippen molar-refractivity contribution in [3.05, 3.63) is 35.9 Å². The van der Waals surface area contributed by atoms with Crippen molar-refractivity contribution >= 4 is 11.9 Å². The van der Waals surface area contributed by atoms with E-state index < -0.39 is 5.97 Å². The molecule has 1 saturated heterocycles. The first-order valence-electron chi connectivity index (χ1n) is 6.85. The summed E-state index contributed by atoms with van der Waals surface area (Å²) in [5.41, 5.74) is 1.30. The Bertz CT molecular complexity index is 475. The predicted octanol–water partition coefficient (Wildman–Crippen LogP) is 1.07. The van der Waals surface area contributed by atoms with E-state index in [0.29, 0.717) is 5.92 Å². The van der Waals surface area contributed by atoms with E-state index in [4.69, 9.17) is 5.11 Å². The summed E-state index contributed by atoms with van der Waals surface area (Å²) in [6.45, 7) is 2.93. The zero-order valence-corrected chi connectivity index (χ0v) is 11.6. The molecule has 2 N–H and O–H groups in total. The minimum Gasteiger partial charge on any atom is -0.480 e. The summed E-state index contributed by atoms with van der Waals surface area (Å²) < 4.78 is 0. The average molecular weight is 276 g/mol. The highest BCUT2D eigenvalue weighted by molar-refractivity contribution is 5.82. The summed E-state index contributed by atoms with van der Waals surface area (Å²) in [4.78, 5) is 24.2. The third-order valence-electron chi connectivity index (χ3n) is 3.90. The van der Waals surface area contributed by atoms with Crippen LogP contribution >= 0.6 is 0 Å². The summed E-state index contributed by atoms with van der Waals surface area (Å²) in [6, 6.07) is 10.6. The van der Waals surface area contributed by atoms with Crippen LogP contribution in [0, 0.1) is 0 Å². The van der Waals surface area contributed by atoms with Gasteiger partial charge in [0, 0.05) is 12.0 Å². The summed E-state index contributed by atoms with van der Waals surface area (Å²) >= 11 is 0. The number of amides is 1. The van der Waals surface area contributed by atoms with Gasteiger partial charge in [-0.25, -0.2) is 0 Å². The number of hydrogen-bond donors (Lipinski definition) is 2. The maximum Gasteiger partial charge on any atom is 0.322 e. The van der Waals surface area contributed by atoms with Crippen LogP contribution in [0.2, 0.25) is 0 Å². The fraction of sp³-hybridized carbons (Fsp3) is 0.467. The Morgan fingerprint density at radius 1 is 1.35 bits per heavy atom. The van der Waals surface area contributed by atoms with Crippen molar-refractivity contribution < 1.29 is 14.7 Å². The van der Waals surface area contributed by atoms with Gasteiger partial charge >= 0.3 is 5.97 Å². The monoisotopic (exact) mass is 276 g/mol. The molecule has 0 bridgehead atoms. The van der Waals surface area contributed by atoms with E-state index in [1.54, 1.807) is 0 Å². The van der Waals surface area contributed by atoms with E-state index in [1.165, 1.54) is 5.56 Å². The number of carbonyl (C=O) groups excluding carboxylic acids is 1. The molecule has 0 aliphatic carbocycles. The zero-order chi connectivity index (χ0) is 14.5. The van der Waals surface area contributed by atoms with Crippen molar-refractivity contribution in [2.45, 2.75) is 25.3 Å². The summed E-state index contributed by atoms with van der Waals surface area (Å²) in [6.07, 6.45) is 1.03. The lowest BCUT2D eigenvalue weighted by Crippen LogP contribution is -2.41. The second-order valence-corrected chi connectivity index (χ2v) is 5.19. The van der Waals surface area contributed by atoms with Crippen LogP contribution in [0.25, 0.3) is 0 Å². The second kappa shape index (κ2) is 6.52. The number of nitrogens with one attached hydrogen (secondary N) is 1. The molecule has 1 heterocycles. The molecule has 1 aliphatic rings. The predicted molar refractivity (Wildman–Crippen MR) is 75.5 cm³/mol. The molecule has 2 atom stereocenters. The van der Waals surface area contributed by atoms with Gasteiger partial charge in [-0.15, -0.1) is 0 Å². The average Bonchev–Trinajstić information content (AvgIpc) is 2.79. The molecule has 108 valence electrons. The van der Waals surface area contributed by atoms with E-state index in [-0.39, 0.29) is 25.0 Å². The van der Waals surface area contributed by atoms with E-state index in [1.807, 2.05) is 18.2 Å². The van der Waals surface area contributed by atoms with Crippen LogP contribution in [0.15, 0.2) is 30.3 Å². The lowest BCUT2D eigenvalue weighted by atomic mass is 9.93. The number of carbonyl (C=O) groups is 2. The molecule has 1 aliphatic heterocycles. The van der Waals surface area contributed by atoms with E-state index >= 15 is 0 Å². The van der Waals surface area contributed by atoms with Gasteiger partial charge in [0.15, 0.2) is 0 Å². The molecular weight excluding hydrogens is 256 g/mol. The van der Waals surface area contributed by atoms with Crippen LogP contribution < -0.4 is 5.32 Å². The lowest BCUT2D eigenvalue weighted by Gasteiger charge is -2.24. The standard InChI is InChI=1S/C15H20N2O3/c1-11-13(12-5-3-2-4-6-12)7-8-17(11)10-14(18)16-9-15(19)20/h2-6,11,13H,7-10H2,1H3,(H,16,18)(H,19,20). The number of carboxylic acid groups (broad SMARTS) is 1. The van der Waals surface area contributed by atoms with Crippen LogP contribution in [0.4, 0.5) is 0 Å². The minimum absolute atomic E-state index is 0.229. The topological polar surface area (TPSA) is 69.6 Å². The molecular formula is C15H20N2O3. The Morgan fingerprint density at radius 3 is 2.70 bits per heavy atom. The zero-order valence-electron chi connectivity index (χ0n) is 11.6. The lowest BCUT2D eigenvalue weighted by molar-refractivity contribution is -0.138. The number of nitrogens with zero attached hydrogens (tertiary/aromatic N) is 1. The Morgan fingerprint density at radius 2 is 2.05 bits per heavy atom. The molecule has 5 heteroatoms. The largest absolute Gasteiger partial charge is 0.480 e. The van der Waals surface area contributed by atoms with E-state index in [9.17, 15) is 9.59 Å². The summed E-state index contributed by atoms with van der Waals surface area (Å²) in [7, 11) is 0. The third-order valence-corrected chi connectivity index (χ3v) is 3.90. The molecule has 0 radical (unpaired) electrons. The first-order chi connectivity index (χ1) is 9.58. The second-order valence-electron chi connectivity index (χ2n) is 5.19. The van der Waals surface area contributed by atoms with Gasteiger partial charge < -0.3 is 10.4 Å². The number of aliphatic carboxylic acids is 1. The van der Waals surface area contributed by atoms with Crippen molar-refractivity contribution in [2.75, 3.05) is 19.6 Å². The van der Waals surface area contributed by atoms with E-state index in [2.05, 4.69) is 29.3 Å². The normalized spacial score (nSPS) is 22.6. The van der Waals surface area contributed by atoms with Crippen LogP contribution in [0.3, 0.4) is 0 Å². The fourth-order valence-electron chi connectivity index (χ4n) is 2.79. The van der Waals surface area contributed by atoms with E-state index in [0.717, 1.165) is 13.0 Å². The number of rotatable bonds is 5. The van der Waals surface area contributed by atoms with Crippen molar-refractivity contribution in [2.24, 2.45) is 0 Å². The molecule has 1 aromatic rings. The highest BCUT2D eigenvalue weighted by Crippen LogP contribution is 2.32. The highest BCUT2D eigenvalue weighted by atomic mass is 16.4.